The average Bonchev–Trinajstić information content (AvgIpc) is 2.82. The molecule has 5 heteroatoms. The lowest BCUT2D eigenvalue weighted by Crippen LogP contribution is -2.33. The van der Waals surface area contributed by atoms with Gasteiger partial charge in [-0.3, -0.25) is 4.79 Å². The van der Waals surface area contributed by atoms with Crippen LogP contribution in [0.1, 0.15) is 42.4 Å². The molecule has 1 aromatic rings. The van der Waals surface area contributed by atoms with Gasteiger partial charge in [-0.15, -0.1) is 11.3 Å². The van der Waals surface area contributed by atoms with Crippen LogP contribution < -0.4 is 5.73 Å². The van der Waals surface area contributed by atoms with Gasteiger partial charge in [0.05, 0.1) is 5.92 Å². The van der Waals surface area contributed by atoms with Crippen molar-refractivity contribution < 1.29 is 9.53 Å². The number of nitriles is 1. The van der Waals surface area contributed by atoms with E-state index < -0.39 is 0 Å². The van der Waals surface area contributed by atoms with Gasteiger partial charge in [0.15, 0.2) is 5.78 Å². The monoisotopic (exact) mass is 314 g/mol. The number of allylic oxidation sites excluding steroid dienone is 3. The molecule has 2 aliphatic rings. The Morgan fingerprint density at radius 2 is 2.14 bits per heavy atom. The lowest BCUT2D eigenvalue weighted by Gasteiger charge is -2.36. The first kappa shape index (κ1) is 14.9. The van der Waals surface area contributed by atoms with E-state index >= 15 is 0 Å². The van der Waals surface area contributed by atoms with Crippen molar-refractivity contribution in [2.75, 3.05) is 0 Å². The molecule has 2 heterocycles. The van der Waals surface area contributed by atoms with Crippen LogP contribution in [0.2, 0.25) is 0 Å². The first-order valence-corrected chi connectivity index (χ1v) is 8.04. The maximum atomic E-state index is 12.7. The van der Waals surface area contributed by atoms with Crippen molar-refractivity contribution in [1.29, 1.82) is 5.26 Å². The average molecular weight is 314 g/mol. The van der Waals surface area contributed by atoms with E-state index in [1.807, 2.05) is 32.9 Å². The van der Waals surface area contributed by atoms with Gasteiger partial charge in [0, 0.05) is 28.2 Å². The molecule has 2 N–H and O–H groups in total. The van der Waals surface area contributed by atoms with E-state index in [0.717, 1.165) is 9.75 Å². The number of nitrogens with zero attached hydrogens (tertiary/aromatic N) is 1. The standard InChI is InChI=1S/C17H18N2O2S/c1-9-4-5-13(22-9)14-10(8-18)16(19)21-12-7-17(2,3)6-11(20)15(12)14/h4-5,14H,6-7,19H2,1-3H3/t14-/m1/s1. The van der Waals surface area contributed by atoms with Crippen LogP contribution in [0.15, 0.2) is 34.9 Å². The molecule has 3 rings (SSSR count). The highest BCUT2D eigenvalue weighted by Gasteiger charge is 2.43. The van der Waals surface area contributed by atoms with E-state index in [0.29, 0.717) is 29.7 Å². The van der Waals surface area contributed by atoms with Crippen LogP contribution in [0.25, 0.3) is 0 Å². The fourth-order valence-electron chi connectivity index (χ4n) is 3.18. The van der Waals surface area contributed by atoms with Crippen LogP contribution in [0, 0.1) is 23.7 Å². The van der Waals surface area contributed by atoms with Gasteiger partial charge in [-0.05, 0) is 24.5 Å². The predicted octanol–water partition coefficient (Wildman–Crippen LogP) is 3.51. The van der Waals surface area contributed by atoms with Gasteiger partial charge in [0.1, 0.15) is 17.4 Å². The summed E-state index contributed by atoms with van der Waals surface area (Å²) >= 11 is 1.59. The lowest BCUT2D eigenvalue weighted by atomic mass is 9.71. The molecular formula is C17H18N2O2S. The highest BCUT2D eigenvalue weighted by molar-refractivity contribution is 7.12. The van der Waals surface area contributed by atoms with Gasteiger partial charge in [-0.25, -0.2) is 0 Å². The summed E-state index contributed by atoms with van der Waals surface area (Å²) in [7, 11) is 0. The summed E-state index contributed by atoms with van der Waals surface area (Å²) in [5, 5.41) is 9.48. The van der Waals surface area contributed by atoms with E-state index in [9.17, 15) is 10.1 Å². The van der Waals surface area contributed by atoms with Crippen LogP contribution >= 0.6 is 11.3 Å². The molecule has 0 unspecified atom stereocenters. The van der Waals surface area contributed by atoms with Crippen molar-refractivity contribution in [3.8, 4) is 6.07 Å². The minimum Gasteiger partial charge on any atom is -0.444 e. The second kappa shape index (κ2) is 4.99. The maximum absolute atomic E-state index is 12.7. The highest BCUT2D eigenvalue weighted by Crippen LogP contribution is 2.48. The normalized spacial score (nSPS) is 23.9. The molecule has 0 bridgehead atoms. The number of carbonyl (C=O) groups is 1. The summed E-state index contributed by atoms with van der Waals surface area (Å²) in [4.78, 5) is 14.8. The molecule has 0 fully saturated rings. The molecule has 0 amide bonds. The van der Waals surface area contributed by atoms with Crippen molar-refractivity contribution in [3.05, 3.63) is 44.7 Å². The number of thiophene rings is 1. The second-order valence-electron chi connectivity index (χ2n) is 6.65. The van der Waals surface area contributed by atoms with Gasteiger partial charge in [-0.2, -0.15) is 5.26 Å². The van der Waals surface area contributed by atoms with Gasteiger partial charge in [0.25, 0.3) is 0 Å². The second-order valence-corrected chi connectivity index (χ2v) is 7.97. The van der Waals surface area contributed by atoms with Crippen LogP contribution in [0.5, 0.6) is 0 Å². The van der Waals surface area contributed by atoms with E-state index in [-0.39, 0.29) is 23.0 Å². The highest BCUT2D eigenvalue weighted by atomic mass is 32.1. The zero-order chi connectivity index (χ0) is 16.1. The molecule has 22 heavy (non-hydrogen) atoms. The van der Waals surface area contributed by atoms with Crippen LogP contribution in [-0.2, 0) is 9.53 Å². The molecule has 0 saturated heterocycles. The van der Waals surface area contributed by atoms with Gasteiger partial charge in [0.2, 0.25) is 5.88 Å². The lowest BCUT2D eigenvalue weighted by molar-refractivity contribution is -0.119. The van der Waals surface area contributed by atoms with E-state index in [2.05, 4.69) is 6.07 Å². The number of aryl methyl sites for hydroxylation is 1. The quantitative estimate of drug-likeness (QED) is 0.860. The Kier molecular flexibility index (Phi) is 3.37. The van der Waals surface area contributed by atoms with E-state index in [1.165, 1.54) is 0 Å². The number of hydrogen-bond donors (Lipinski definition) is 1. The number of Topliss-reactive ketones (excluding diaryl/α,β-unsaturated/α-hetero) is 1. The van der Waals surface area contributed by atoms with Crippen molar-refractivity contribution in [3.63, 3.8) is 0 Å². The zero-order valence-electron chi connectivity index (χ0n) is 12.9. The molecule has 1 aliphatic carbocycles. The molecule has 1 atom stereocenters. The molecule has 0 saturated carbocycles. The van der Waals surface area contributed by atoms with Crippen LogP contribution in [0.4, 0.5) is 0 Å². The summed E-state index contributed by atoms with van der Waals surface area (Å²) < 4.78 is 5.66. The summed E-state index contributed by atoms with van der Waals surface area (Å²) in [6.45, 7) is 6.10. The molecule has 114 valence electrons. The molecule has 1 aliphatic heterocycles. The molecule has 0 spiro atoms. The number of rotatable bonds is 1. The Labute approximate surface area is 133 Å². The summed E-state index contributed by atoms with van der Waals surface area (Å²) in [5.41, 5.74) is 6.78. The van der Waals surface area contributed by atoms with Gasteiger partial charge in [-0.1, -0.05) is 13.8 Å². The largest absolute Gasteiger partial charge is 0.444 e. The van der Waals surface area contributed by atoms with Crippen LogP contribution in [0.3, 0.4) is 0 Å². The first-order valence-electron chi connectivity index (χ1n) is 7.22. The predicted molar refractivity (Wildman–Crippen MR) is 84.8 cm³/mol. The molecular weight excluding hydrogens is 296 g/mol. The van der Waals surface area contributed by atoms with E-state index in [4.69, 9.17) is 10.5 Å². The smallest absolute Gasteiger partial charge is 0.205 e. The zero-order valence-corrected chi connectivity index (χ0v) is 13.7. The minimum atomic E-state index is -0.379. The Morgan fingerprint density at radius 1 is 1.41 bits per heavy atom. The van der Waals surface area contributed by atoms with E-state index in [1.54, 1.807) is 11.3 Å². The van der Waals surface area contributed by atoms with Gasteiger partial charge < -0.3 is 10.5 Å². The number of ketones is 1. The number of ether oxygens (including phenoxy) is 1. The Balaban J connectivity index is 2.17. The van der Waals surface area contributed by atoms with Crippen molar-refractivity contribution in [2.24, 2.45) is 11.1 Å². The number of hydrogen-bond acceptors (Lipinski definition) is 5. The summed E-state index contributed by atoms with van der Waals surface area (Å²) in [6.07, 6.45) is 1.13. The molecule has 0 radical (unpaired) electrons. The third kappa shape index (κ3) is 2.34. The number of nitrogens with two attached hydrogens (primary N) is 1. The Bertz CT molecular complexity index is 762. The molecule has 0 aromatic carbocycles. The third-order valence-corrected chi connectivity index (χ3v) is 5.19. The summed E-state index contributed by atoms with van der Waals surface area (Å²) in [5.74, 6) is 0.440. The number of carbonyl (C=O) groups excluding carboxylic acids is 1. The Hall–Kier alpha value is -2.06. The fourth-order valence-corrected chi connectivity index (χ4v) is 4.18. The Morgan fingerprint density at radius 3 is 2.73 bits per heavy atom. The minimum absolute atomic E-state index is 0.0579. The van der Waals surface area contributed by atoms with Crippen molar-refractivity contribution in [2.45, 2.75) is 39.5 Å². The third-order valence-electron chi connectivity index (χ3n) is 4.12. The topological polar surface area (TPSA) is 76.1 Å². The first-order chi connectivity index (χ1) is 10.3. The fraction of sp³-hybridized carbons (Fsp3) is 0.412. The molecule has 4 nitrogen and oxygen atoms in total. The molecule has 1 aromatic heterocycles. The van der Waals surface area contributed by atoms with Crippen molar-refractivity contribution in [1.82, 2.24) is 0 Å². The summed E-state index contributed by atoms with van der Waals surface area (Å²) in [6, 6.07) is 6.10. The maximum Gasteiger partial charge on any atom is 0.205 e. The SMILES string of the molecule is Cc1ccc([C@H]2C(C#N)=C(N)OC3=C2C(=O)CC(C)(C)C3)s1. The van der Waals surface area contributed by atoms with Crippen molar-refractivity contribution >= 4 is 17.1 Å². The van der Waals surface area contributed by atoms with Crippen LogP contribution in [-0.4, -0.2) is 5.78 Å². The van der Waals surface area contributed by atoms with Gasteiger partial charge >= 0.3 is 0 Å².